The van der Waals surface area contributed by atoms with Crippen molar-refractivity contribution in [2.75, 3.05) is 5.32 Å². The maximum Gasteiger partial charge on any atom is 0.305 e. The summed E-state index contributed by atoms with van der Waals surface area (Å²) < 4.78 is 0. The number of nitrogens with one attached hydrogen (secondary N) is 1. The molecule has 0 spiro atoms. The number of hydrogen-bond acceptors (Lipinski definition) is 3. The van der Waals surface area contributed by atoms with E-state index in [-0.39, 0.29) is 12.5 Å². The molecule has 0 bridgehead atoms. The van der Waals surface area contributed by atoms with E-state index in [0.29, 0.717) is 5.56 Å². The Balaban J connectivity index is 2.77. The number of aryl methyl sites for hydroxylation is 1. The Morgan fingerprint density at radius 1 is 1.59 bits per heavy atom. The summed E-state index contributed by atoms with van der Waals surface area (Å²) in [5.41, 5.74) is 2.39. The molecular weight excluding hydrogens is 216 g/mol. The summed E-state index contributed by atoms with van der Waals surface area (Å²) in [6.07, 6.45) is 0.834. The Bertz CT molecular complexity index is 449. The fourth-order valence-corrected chi connectivity index (χ4v) is 1.62. The lowest BCUT2D eigenvalue weighted by Crippen LogP contribution is -2.22. The lowest BCUT2D eigenvalue weighted by molar-refractivity contribution is -0.137. The van der Waals surface area contributed by atoms with E-state index in [9.17, 15) is 4.79 Å². The van der Waals surface area contributed by atoms with Gasteiger partial charge >= 0.3 is 5.97 Å². The zero-order valence-corrected chi connectivity index (χ0v) is 10.0. The molecule has 90 valence electrons. The number of benzene rings is 1. The van der Waals surface area contributed by atoms with Crippen molar-refractivity contribution in [2.24, 2.45) is 0 Å². The molecule has 0 aliphatic carbocycles. The molecule has 4 nitrogen and oxygen atoms in total. The Labute approximate surface area is 101 Å². The van der Waals surface area contributed by atoms with Crippen molar-refractivity contribution in [1.82, 2.24) is 0 Å². The number of rotatable bonds is 5. The van der Waals surface area contributed by atoms with E-state index >= 15 is 0 Å². The molecule has 0 saturated carbocycles. The van der Waals surface area contributed by atoms with Crippen molar-refractivity contribution in [2.45, 2.75) is 32.7 Å². The predicted octanol–water partition coefficient (Wildman–Crippen LogP) is 2.53. The highest BCUT2D eigenvalue weighted by molar-refractivity contribution is 5.68. The number of hydrogen-bond donors (Lipinski definition) is 2. The number of carbonyl (C=O) groups is 1. The molecule has 0 aliphatic rings. The Morgan fingerprint density at radius 3 is 2.76 bits per heavy atom. The molecule has 0 fully saturated rings. The molecule has 0 aromatic heterocycles. The summed E-state index contributed by atoms with van der Waals surface area (Å²) in [4.78, 5) is 10.6. The molecule has 0 heterocycles. The van der Waals surface area contributed by atoms with Gasteiger partial charge in [-0.05, 0) is 37.1 Å². The average molecular weight is 232 g/mol. The van der Waals surface area contributed by atoms with E-state index in [0.717, 1.165) is 17.7 Å². The number of nitriles is 1. The normalized spacial score (nSPS) is 11.6. The molecule has 1 atom stereocenters. The molecule has 1 aromatic rings. The quantitative estimate of drug-likeness (QED) is 0.818. The van der Waals surface area contributed by atoms with Crippen molar-refractivity contribution in [3.05, 3.63) is 29.3 Å². The van der Waals surface area contributed by atoms with Gasteiger partial charge in [0.2, 0.25) is 0 Å². The van der Waals surface area contributed by atoms with E-state index in [2.05, 4.69) is 11.4 Å². The minimum absolute atomic E-state index is 0.0835. The van der Waals surface area contributed by atoms with Crippen LogP contribution in [0.3, 0.4) is 0 Å². The van der Waals surface area contributed by atoms with Gasteiger partial charge in [-0.2, -0.15) is 5.26 Å². The van der Waals surface area contributed by atoms with Crippen molar-refractivity contribution in [3.63, 3.8) is 0 Å². The van der Waals surface area contributed by atoms with Gasteiger partial charge < -0.3 is 10.4 Å². The van der Waals surface area contributed by atoms with Crippen molar-refractivity contribution in [1.29, 1.82) is 5.26 Å². The van der Waals surface area contributed by atoms with Crippen LogP contribution < -0.4 is 5.32 Å². The SMILES string of the molecule is CC[C@H](CC(=O)O)Nc1ccc(C#N)c(C)c1. The number of carboxylic acid groups (broad SMARTS) is 1. The number of aliphatic carboxylic acids is 1. The molecule has 1 aromatic carbocycles. The van der Waals surface area contributed by atoms with E-state index < -0.39 is 5.97 Å². The second-order valence-electron chi connectivity index (χ2n) is 3.99. The van der Waals surface area contributed by atoms with E-state index in [1.54, 1.807) is 12.1 Å². The summed E-state index contributed by atoms with van der Waals surface area (Å²) in [5.74, 6) is -0.810. The summed E-state index contributed by atoms with van der Waals surface area (Å²) in [7, 11) is 0. The fourth-order valence-electron chi connectivity index (χ4n) is 1.62. The van der Waals surface area contributed by atoms with Gasteiger partial charge in [0.25, 0.3) is 0 Å². The maximum atomic E-state index is 10.6. The smallest absolute Gasteiger partial charge is 0.305 e. The summed E-state index contributed by atoms with van der Waals surface area (Å²) in [5, 5.41) is 20.7. The van der Waals surface area contributed by atoms with Crippen LogP contribution in [0.1, 0.15) is 30.9 Å². The van der Waals surface area contributed by atoms with Crippen molar-refractivity contribution >= 4 is 11.7 Å². The van der Waals surface area contributed by atoms with Crippen LogP contribution in [-0.2, 0) is 4.79 Å². The average Bonchev–Trinajstić information content (AvgIpc) is 2.27. The highest BCUT2D eigenvalue weighted by Gasteiger charge is 2.11. The van der Waals surface area contributed by atoms with Crippen molar-refractivity contribution in [3.8, 4) is 6.07 Å². The highest BCUT2D eigenvalue weighted by atomic mass is 16.4. The Hall–Kier alpha value is -2.02. The van der Waals surface area contributed by atoms with Gasteiger partial charge in [0.15, 0.2) is 0 Å². The van der Waals surface area contributed by atoms with E-state index in [1.165, 1.54) is 0 Å². The van der Waals surface area contributed by atoms with Gasteiger partial charge in [-0.3, -0.25) is 4.79 Å². The Kier molecular flexibility index (Phi) is 4.53. The molecule has 0 aliphatic heterocycles. The molecule has 0 radical (unpaired) electrons. The molecule has 0 amide bonds. The van der Waals surface area contributed by atoms with Crippen LogP contribution in [0.5, 0.6) is 0 Å². The molecule has 0 unspecified atom stereocenters. The summed E-state index contributed by atoms with van der Waals surface area (Å²) >= 11 is 0. The van der Waals surface area contributed by atoms with E-state index in [4.69, 9.17) is 10.4 Å². The Morgan fingerprint density at radius 2 is 2.29 bits per heavy atom. The van der Waals surface area contributed by atoms with Crippen LogP contribution in [0, 0.1) is 18.3 Å². The zero-order valence-electron chi connectivity index (χ0n) is 10.0. The first-order valence-corrected chi connectivity index (χ1v) is 5.56. The number of carboxylic acids is 1. The first kappa shape index (κ1) is 13.0. The molecule has 0 saturated heterocycles. The third-order valence-corrected chi connectivity index (χ3v) is 2.63. The molecule has 4 heteroatoms. The summed E-state index contributed by atoms with van der Waals surface area (Å²) in [6, 6.07) is 7.42. The summed E-state index contributed by atoms with van der Waals surface area (Å²) in [6.45, 7) is 3.80. The first-order chi connectivity index (χ1) is 8.06. The van der Waals surface area contributed by atoms with Crippen LogP contribution in [0.4, 0.5) is 5.69 Å². The van der Waals surface area contributed by atoms with Gasteiger partial charge in [0, 0.05) is 11.7 Å². The third-order valence-electron chi connectivity index (χ3n) is 2.63. The third kappa shape index (κ3) is 3.80. The van der Waals surface area contributed by atoms with E-state index in [1.807, 2.05) is 19.9 Å². The van der Waals surface area contributed by atoms with Crippen LogP contribution in [-0.4, -0.2) is 17.1 Å². The fraction of sp³-hybridized carbons (Fsp3) is 0.385. The molecule has 17 heavy (non-hydrogen) atoms. The van der Waals surface area contributed by atoms with Gasteiger partial charge in [0.05, 0.1) is 18.1 Å². The maximum absolute atomic E-state index is 10.6. The van der Waals surface area contributed by atoms with Crippen LogP contribution >= 0.6 is 0 Å². The molecule has 2 N–H and O–H groups in total. The lowest BCUT2D eigenvalue weighted by Gasteiger charge is -2.16. The number of nitrogens with zero attached hydrogens (tertiary/aromatic N) is 1. The standard InChI is InChI=1S/C13H16N2O2/c1-3-11(7-13(16)17)15-12-5-4-10(8-14)9(2)6-12/h4-6,11,15H,3,7H2,1-2H3,(H,16,17)/t11-/m1/s1. The second kappa shape index (κ2) is 5.90. The van der Waals surface area contributed by atoms with Gasteiger partial charge in [-0.1, -0.05) is 6.92 Å². The van der Waals surface area contributed by atoms with Gasteiger partial charge in [-0.25, -0.2) is 0 Å². The van der Waals surface area contributed by atoms with Crippen LogP contribution in [0.15, 0.2) is 18.2 Å². The first-order valence-electron chi connectivity index (χ1n) is 5.56. The van der Waals surface area contributed by atoms with Gasteiger partial charge in [0.1, 0.15) is 0 Å². The minimum Gasteiger partial charge on any atom is -0.481 e. The predicted molar refractivity (Wildman–Crippen MR) is 65.8 cm³/mol. The second-order valence-corrected chi connectivity index (χ2v) is 3.99. The van der Waals surface area contributed by atoms with Crippen LogP contribution in [0.2, 0.25) is 0 Å². The van der Waals surface area contributed by atoms with Crippen LogP contribution in [0.25, 0.3) is 0 Å². The zero-order chi connectivity index (χ0) is 12.8. The highest BCUT2D eigenvalue weighted by Crippen LogP contribution is 2.16. The molecule has 1 rings (SSSR count). The largest absolute Gasteiger partial charge is 0.481 e. The van der Waals surface area contributed by atoms with Gasteiger partial charge in [-0.15, -0.1) is 0 Å². The lowest BCUT2D eigenvalue weighted by atomic mass is 10.1. The number of anilines is 1. The minimum atomic E-state index is -0.810. The topological polar surface area (TPSA) is 73.1 Å². The monoisotopic (exact) mass is 232 g/mol. The van der Waals surface area contributed by atoms with Crippen molar-refractivity contribution < 1.29 is 9.90 Å². The molecular formula is C13H16N2O2.